The fourth-order valence-electron chi connectivity index (χ4n) is 3.14. The molecule has 2 saturated heterocycles. The van der Waals surface area contributed by atoms with Gasteiger partial charge in [0.05, 0.1) is 12.7 Å². The predicted molar refractivity (Wildman–Crippen MR) is 86.1 cm³/mol. The highest BCUT2D eigenvalue weighted by Crippen LogP contribution is 2.41. The Morgan fingerprint density at radius 2 is 2.17 bits per heavy atom. The molecule has 2 aliphatic rings. The van der Waals surface area contributed by atoms with E-state index >= 15 is 0 Å². The quantitative estimate of drug-likeness (QED) is 0.786. The summed E-state index contributed by atoms with van der Waals surface area (Å²) < 4.78 is 36.7. The zero-order valence-corrected chi connectivity index (χ0v) is 14.9. The van der Waals surface area contributed by atoms with Crippen LogP contribution in [0.1, 0.15) is 37.6 Å². The zero-order chi connectivity index (χ0) is 16.6. The molecule has 1 unspecified atom stereocenters. The molecule has 0 radical (unpaired) electrons. The lowest BCUT2D eigenvalue weighted by Gasteiger charge is -2.27. The van der Waals surface area contributed by atoms with E-state index in [2.05, 4.69) is 32.2 Å². The highest BCUT2D eigenvalue weighted by molar-refractivity contribution is 7.10. The molecule has 3 heterocycles. The van der Waals surface area contributed by atoms with Crippen molar-refractivity contribution in [3.8, 4) is 0 Å². The molecule has 23 heavy (non-hydrogen) atoms. The lowest BCUT2D eigenvalue weighted by Crippen LogP contribution is -2.39. The Morgan fingerprint density at radius 1 is 1.39 bits per heavy atom. The van der Waals surface area contributed by atoms with Gasteiger partial charge >= 0.3 is 0 Å². The third kappa shape index (κ3) is 3.61. The predicted octanol–water partition coefficient (Wildman–Crippen LogP) is 3.81. The van der Waals surface area contributed by atoms with E-state index in [0.29, 0.717) is 12.5 Å². The molecule has 1 aromatic heterocycles. The van der Waals surface area contributed by atoms with Crippen molar-refractivity contribution in [1.29, 1.82) is 0 Å². The minimum Gasteiger partial charge on any atom is -0.368 e. The van der Waals surface area contributed by atoms with Crippen LogP contribution in [-0.2, 0) is 25.6 Å². The largest absolute Gasteiger partial charge is 0.368 e. The van der Waals surface area contributed by atoms with E-state index < -0.39 is 18.8 Å². The third-order valence-corrected chi connectivity index (χ3v) is 5.25. The topological polar surface area (TPSA) is 36.9 Å². The Kier molecular flexibility index (Phi) is 5.09. The molecule has 6 heteroatoms. The molecule has 0 N–H and O–H groups in total. The fourth-order valence-corrected chi connectivity index (χ4v) is 3.85. The van der Waals surface area contributed by atoms with Crippen molar-refractivity contribution in [2.24, 2.45) is 5.92 Å². The first-order valence-corrected chi connectivity index (χ1v) is 9.01. The molecule has 0 aliphatic carbocycles. The van der Waals surface area contributed by atoms with Gasteiger partial charge in [-0.15, -0.1) is 11.3 Å². The lowest BCUT2D eigenvalue weighted by atomic mass is 10.0. The molecule has 5 atom stereocenters. The summed E-state index contributed by atoms with van der Waals surface area (Å²) in [4.78, 5) is 1.25. The van der Waals surface area contributed by atoms with Crippen molar-refractivity contribution in [3.05, 3.63) is 21.9 Å². The minimum absolute atomic E-state index is 0.0897. The number of thiophene rings is 1. The molecule has 2 aliphatic heterocycles. The molecule has 4 nitrogen and oxygen atoms in total. The zero-order valence-electron chi connectivity index (χ0n) is 14.1. The first-order chi connectivity index (χ1) is 10.9. The molecule has 0 spiro atoms. The minimum atomic E-state index is -1.22. The first-order valence-electron chi connectivity index (χ1n) is 8.13. The Bertz CT molecular complexity index is 534. The molecule has 3 rings (SSSR count). The number of rotatable bonds is 6. The Balaban J connectivity index is 1.70. The molecule has 0 aromatic carbocycles. The van der Waals surface area contributed by atoms with Crippen molar-refractivity contribution in [3.63, 3.8) is 0 Å². The van der Waals surface area contributed by atoms with Crippen LogP contribution in [0.5, 0.6) is 0 Å². The highest BCUT2D eigenvalue weighted by atomic mass is 32.1. The van der Waals surface area contributed by atoms with E-state index in [-0.39, 0.29) is 18.3 Å². The molecule has 130 valence electrons. The SMILES string of the molecule is Cc1sccc1CO[C@@H]1[C@H]2OC(C)(CF)O[C@H]2O[C@@H]1CC(C)C. The summed E-state index contributed by atoms with van der Waals surface area (Å²) in [5.41, 5.74) is 1.17. The van der Waals surface area contributed by atoms with Crippen molar-refractivity contribution in [1.82, 2.24) is 0 Å². The summed E-state index contributed by atoms with van der Waals surface area (Å²) in [5.74, 6) is -0.752. The van der Waals surface area contributed by atoms with Crippen molar-refractivity contribution in [2.45, 2.75) is 71.1 Å². The average Bonchev–Trinajstić information content (AvgIpc) is 3.11. The molecular formula is C17H25FO4S. The molecule has 2 fully saturated rings. The smallest absolute Gasteiger partial charge is 0.197 e. The monoisotopic (exact) mass is 344 g/mol. The molecule has 0 saturated carbocycles. The van der Waals surface area contributed by atoms with Gasteiger partial charge in [-0.05, 0) is 43.2 Å². The second-order valence-electron chi connectivity index (χ2n) is 6.92. The Morgan fingerprint density at radius 3 is 2.78 bits per heavy atom. The maximum Gasteiger partial charge on any atom is 0.197 e. The number of alkyl halides is 1. The summed E-state index contributed by atoms with van der Waals surface area (Å²) in [6.45, 7) is 7.78. The van der Waals surface area contributed by atoms with Crippen LogP contribution in [0.4, 0.5) is 4.39 Å². The van der Waals surface area contributed by atoms with E-state index in [4.69, 9.17) is 18.9 Å². The second-order valence-corrected chi connectivity index (χ2v) is 8.04. The van der Waals surface area contributed by atoms with Crippen LogP contribution >= 0.6 is 11.3 Å². The van der Waals surface area contributed by atoms with Crippen molar-refractivity contribution < 1.29 is 23.3 Å². The summed E-state index contributed by atoms with van der Waals surface area (Å²) in [6, 6.07) is 2.07. The van der Waals surface area contributed by atoms with E-state index in [1.807, 2.05) is 0 Å². The van der Waals surface area contributed by atoms with Gasteiger partial charge in [0.15, 0.2) is 12.1 Å². The van der Waals surface area contributed by atoms with Gasteiger partial charge in [-0.3, -0.25) is 0 Å². The molecule has 0 amide bonds. The van der Waals surface area contributed by atoms with Gasteiger partial charge in [0, 0.05) is 4.88 Å². The van der Waals surface area contributed by atoms with E-state index in [9.17, 15) is 4.39 Å². The number of fused-ring (bicyclic) bond motifs is 1. The van der Waals surface area contributed by atoms with Crippen molar-refractivity contribution >= 4 is 11.3 Å². The number of hydrogen-bond acceptors (Lipinski definition) is 5. The summed E-state index contributed by atoms with van der Waals surface area (Å²) in [7, 11) is 0. The van der Waals surface area contributed by atoms with Crippen LogP contribution < -0.4 is 0 Å². The summed E-state index contributed by atoms with van der Waals surface area (Å²) in [6.07, 6.45) is -0.394. The van der Waals surface area contributed by atoms with Gasteiger partial charge in [-0.25, -0.2) is 4.39 Å². The van der Waals surface area contributed by atoms with E-state index in [1.165, 1.54) is 10.4 Å². The summed E-state index contributed by atoms with van der Waals surface area (Å²) in [5, 5.41) is 2.06. The molecule has 0 bridgehead atoms. The Labute approximate surface area is 140 Å². The standard InChI is InChI=1S/C17H25FO4S/c1-10(2)7-13-14(19-8-12-5-6-23-11(12)3)15-16(20-13)22-17(4,9-18)21-15/h5-6,10,13-16H,7-9H2,1-4H3/t13-,14+,15-,16-,17?/m1/s1. The second kappa shape index (κ2) is 6.76. The number of ether oxygens (including phenoxy) is 4. The fraction of sp³-hybridized carbons (Fsp3) is 0.765. The highest BCUT2D eigenvalue weighted by Gasteiger charge is 2.56. The summed E-state index contributed by atoms with van der Waals surface area (Å²) >= 11 is 1.70. The van der Waals surface area contributed by atoms with Crippen LogP contribution in [0.15, 0.2) is 11.4 Å². The maximum absolute atomic E-state index is 13.1. The number of aryl methyl sites for hydroxylation is 1. The van der Waals surface area contributed by atoms with Gasteiger partial charge in [0.2, 0.25) is 0 Å². The van der Waals surface area contributed by atoms with Crippen LogP contribution in [0.25, 0.3) is 0 Å². The van der Waals surface area contributed by atoms with Crippen LogP contribution in [-0.4, -0.2) is 37.1 Å². The van der Waals surface area contributed by atoms with E-state index in [1.54, 1.807) is 18.3 Å². The first kappa shape index (κ1) is 17.3. The molecule has 1 aromatic rings. The molecular weight excluding hydrogens is 319 g/mol. The van der Waals surface area contributed by atoms with Gasteiger partial charge in [0.25, 0.3) is 0 Å². The van der Waals surface area contributed by atoms with Gasteiger partial charge < -0.3 is 18.9 Å². The maximum atomic E-state index is 13.1. The Hall–Kier alpha value is -0.530. The normalized spacial score (nSPS) is 36.8. The van der Waals surface area contributed by atoms with Crippen LogP contribution in [0.3, 0.4) is 0 Å². The van der Waals surface area contributed by atoms with Crippen molar-refractivity contribution in [2.75, 3.05) is 6.67 Å². The van der Waals surface area contributed by atoms with Gasteiger partial charge in [-0.1, -0.05) is 13.8 Å². The van der Waals surface area contributed by atoms with Crippen LogP contribution in [0.2, 0.25) is 0 Å². The lowest BCUT2D eigenvalue weighted by molar-refractivity contribution is -0.235. The third-order valence-electron chi connectivity index (χ3n) is 4.36. The average molecular weight is 344 g/mol. The van der Waals surface area contributed by atoms with Crippen LogP contribution in [0, 0.1) is 12.8 Å². The number of hydrogen-bond donors (Lipinski definition) is 0. The number of halogens is 1. The van der Waals surface area contributed by atoms with Gasteiger partial charge in [0.1, 0.15) is 18.9 Å². The van der Waals surface area contributed by atoms with Gasteiger partial charge in [-0.2, -0.15) is 0 Å². The van der Waals surface area contributed by atoms with E-state index in [0.717, 1.165) is 6.42 Å².